The van der Waals surface area contributed by atoms with Crippen LogP contribution in [0.3, 0.4) is 0 Å². The molecule has 0 aliphatic heterocycles. The van der Waals surface area contributed by atoms with Gasteiger partial charge in [0, 0.05) is 11.8 Å². The predicted molar refractivity (Wildman–Crippen MR) is 85.8 cm³/mol. The van der Waals surface area contributed by atoms with Gasteiger partial charge >= 0.3 is 0 Å². The van der Waals surface area contributed by atoms with Gasteiger partial charge < -0.3 is 4.74 Å². The maximum atomic E-state index is 6.38. The molecule has 0 aromatic carbocycles. The first-order valence-corrected chi connectivity index (χ1v) is 7.68. The molecule has 0 heterocycles. The first-order valence-electron chi connectivity index (χ1n) is 7.68. The molecular formula is C18H34O. The second-order valence-electron chi connectivity index (χ2n) is 6.82. The van der Waals surface area contributed by atoms with Gasteiger partial charge in [0.25, 0.3) is 0 Å². The largest absolute Gasteiger partial charge is 0.466 e. The highest BCUT2D eigenvalue weighted by molar-refractivity contribution is 5.17. The van der Waals surface area contributed by atoms with E-state index in [-0.39, 0.29) is 0 Å². The maximum absolute atomic E-state index is 6.38. The first kappa shape index (κ1) is 18.3. The fraction of sp³-hybridized carbons (Fsp3) is 0.778. The molecule has 0 unspecified atom stereocenters. The van der Waals surface area contributed by atoms with Gasteiger partial charge in [0.15, 0.2) is 0 Å². The van der Waals surface area contributed by atoms with E-state index in [1.807, 2.05) is 0 Å². The molecule has 0 aliphatic carbocycles. The van der Waals surface area contributed by atoms with Gasteiger partial charge in [-0.2, -0.15) is 0 Å². The maximum Gasteiger partial charge on any atom is 0.105 e. The van der Waals surface area contributed by atoms with Crippen LogP contribution in [0.2, 0.25) is 0 Å². The van der Waals surface area contributed by atoms with Crippen molar-refractivity contribution in [3.05, 3.63) is 22.7 Å². The summed E-state index contributed by atoms with van der Waals surface area (Å²) < 4.78 is 6.38. The van der Waals surface area contributed by atoms with Gasteiger partial charge in [0.1, 0.15) is 11.5 Å². The van der Waals surface area contributed by atoms with Gasteiger partial charge in [0.2, 0.25) is 0 Å². The van der Waals surface area contributed by atoms with Crippen LogP contribution < -0.4 is 0 Å². The van der Waals surface area contributed by atoms with Gasteiger partial charge in [-0.1, -0.05) is 55.4 Å². The number of ether oxygens (including phenoxy) is 1. The fourth-order valence-corrected chi connectivity index (χ4v) is 1.99. The van der Waals surface area contributed by atoms with Crippen LogP contribution >= 0.6 is 0 Å². The van der Waals surface area contributed by atoms with E-state index in [2.05, 4.69) is 69.2 Å². The lowest BCUT2D eigenvalue weighted by molar-refractivity contribution is 0.220. The van der Waals surface area contributed by atoms with Crippen molar-refractivity contribution < 1.29 is 4.74 Å². The van der Waals surface area contributed by atoms with E-state index in [1.165, 1.54) is 11.1 Å². The zero-order valence-corrected chi connectivity index (χ0v) is 14.7. The Kier molecular flexibility index (Phi) is 7.47. The minimum absolute atomic E-state index is 0.427. The zero-order chi connectivity index (χ0) is 15.3. The van der Waals surface area contributed by atoms with Gasteiger partial charge in [-0.25, -0.2) is 0 Å². The van der Waals surface area contributed by atoms with E-state index in [9.17, 15) is 0 Å². The monoisotopic (exact) mass is 266 g/mol. The Balaban J connectivity index is 5.56. The molecule has 0 N–H and O–H groups in total. The van der Waals surface area contributed by atoms with Gasteiger partial charge in [-0.05, 0) is 36.8 Å². The van der Waals surface area contributed by atoms with Crippen molar-refractivity contribution in [3.63, 3.8) is 0 Å². The van der Waals surface area contributed by atoms with Gasteiger partial charge in [0.05, 0.1) is 0 Å². The molecule has 0 saturated carbocycles. The van der Waals surface area contributed by atoms with Gasteiger partial charge in [-0.3, -0.25) is 0 Å². The molecule has 0 radical (unpaired) electrons. The Bertz CT molecular complexity index is 307. The van der Waals surface area contributed by atoms with Crippen LogP contribution in [0.15, 0.2) is 22.7 Å². The Hall–Kier alpha value is -0.720. The Morgan fingerprint density at radius 1 is 0.526 bits per heavy atom. The number of hydrogen-bond acceptors (Lipinski definition) is 1. The van der Waals surface area contributed by atoms with E-state index in [4.69, 9.17) is 4.74 Å². The lowest BCUT2D eigenvalue weighted by Crippen LogP contribution is -2.12. The van der Waals surface area contributed by atoms with Crippen molar-refractivity contribution in [2.45, 2.75) is 69.2 Å². The molecule has 19 heavy (non-hydrogen) atoms. The third-order valence-corrected chi connectivity index (χ3v) is 3.78. The van der Waals surface area contributed by atoms with Crippen molar-refractivity contribution in [1.82, 2.24) is 0 Å². The van der Waals surface area contributed by atoms with Crippen LogP contribution in [0.1, 0.15) is 69.2 Å². The van der Waals surface area contributed by atoms with Crippen LogP contribution in [0, 0.1) is 23.7 Å². The average Bonchev–Trinajstić information content (AvgIpc) is 2.27. The first-order chi connectivity index (χ1) is 8.59. The normalized spacial score (nSPS) is 15.3. The molecule has 112 valence electrons. The summed E-state index contributed by atoms with van der Waals surface area (Å²) in [5, 5.41) is 0. The summed E-state index contributed by atoms with van der Waals surface area (Å²) in [6.07, 6.45) is 0. The molecule has 0 atom stereocenters. The molecule has 0 aromatic heterocycles. The predicted octanol–water partition coefficient (Wildman–Crippen LogP) is 6.18. The molecule has 0 spiro atoms. The third-order valence-electron chi connectivity index (χ3n) is 3.78. The van der Waals surface area contributed by atoms with Crippen molar-refractivity contribution in [3.8, 4) is 0 Å². The summed E-state index contributed by atoms with van der Waals surface area (Å²) in [6.45, 7) is 22.2. The lowest BCUT2D eigenvalue weighted by atomic mass is 9.96. The van der Waals surface area contributed by atoms with E-state index >= 15 is 0 Å². The van der Waals surface area contributed by atoms with Crippen molar-refractivity contribution in [2.24, 2.45) is 23.7 Å². The van der Waals surface area contributed by atoms with E-state index in [1.54, 1.807) is 0 Å². The standard InChI is InChI=1S/C18H34O/c1-11(2)15(9)17(13(5)6)19-18(14(7)8)16(10)12(3)4/h11-14H,1-10H3. The Labute approximate surface area is 121 Å². The molecule has 0 amide bonds. The van der Waals surface area contributed by atoms with E-state index in [0.29, 0.717) is 23.7 Å². The average molecular weight is 266 g/mol. The highest BCUT2D eigenvalue weighted by Crippen LogP contribution is 2.30. The summed E-state index contributed by atoms with van der Waals surface area (Å²) in [5.41, 5.74) is 2.73. The molecule has 0 saturated heterocycles. The van der Waals surface area contributed by atoms with Crippen LogP contribution in [-0.2, 0) is 4.74 Å². The quantitative estimate of drug-likeness (QED) is 0.522. The second kappa shape index (κ2) is 7.77. The summed E-state index contributed by atoms with van der Waals surface area (Å²) in [6, 6.07) is 0. The number of hydrogen-bond donors (Lipinski definition) is 0. The highest BCUT2D eigenvalue weighted by Gasteiger charge is 2.18. The van der Waals surface area contributed by atoms with Crippen LogP contribution in [-0.4, -0.2) is 0 Å². The minimum Gasteiger partial charge on any atom is -0.466 e. The zero-order valence-electron chi connectivity index (χ0n) is 14.7. The smallest absolute Gasteiger partial charge is 0.105 e. The molecule has 0 aliphatic rings. The topological polar surface area (TPSA) is 9.23 Å². The Morgan fingerprint density at radius 3 is 0.947 bits per heavy atom. The van der Waals surface area contributed by atoms with E-state index < -0.39 is 0 Å². The van der Waals surface area contributed by atoms with Crippen molar-refractivity contribution in [2.75, 3.05) is 0 Å². The number of allylic oxidation sites excluding steroid dienone is 4. The SMILES string of the molecule is CC(=C(OC(=C(C)C(C)C)C(C)C)C(C)C)C(C)C. The summed E-state index contributed by atoms with van der Waals surface area (Å²) in [4.78, 5) is 0. The van der Waals surface area contributed by atoms with Crippen LogP contribution in [0.5, 0.6) is 0 Å². The summed E-state index contributed by atoms with van der Waals surface area (Å²) >= 11 is 0. The van der Waals surface area contributed by atoms with Crippen molar-refractivity contribution >= 4 is 0 Å². The minimum atomic E-state index is 0.427. The fourth-order valence-electron chi connectivity index (χ4n) is 1.99. The molecule has 0 bridgehead atoms. The van der Waals surface area contributed by atoms with Crippen molar-refractivity contribution in [1.29, 1.82) is 0 Å². The van der Waals surface area contributed by atoms with Crippen LogP contribution in [0.4, 0.5) is 0 Å². The van der Waals surface area contributed by atoms with Crippen LogP contribution in [0.25, 0.3) is 0 Å². The van der Waals surface area contributed by atoms with E-state index in [0.717, 1.165) is 11.5 Å². The molecule has 0 aromatic rings. The lowest BCUT2D eigenvalue weighted by Gasteiger charge is -2.25. The Morgan fingerprint density at radius 2 is 0.789 bits per heavy atom. The molecule has 1 heteroatoms. The third kappa shape index (κ3) is 5.42. The molecular weight excluding hydrogens is 232 g/mol. The summed E-state index contributed by atoms with van der Waals surface area (Å²) in [7, 11) is 0. The van der Waals surface area contributed by atoms with Gasteiger partial charge in [-0.15, -0.1) is 0 Å². The highest BCUT2D eigenvalue weighted by atomic mass is 16.5. The number of rotatable bonds is 6. The second-order valence-corrected chi connectivity index (χ2v) is 6.82. The molecule has 0 rings (SSSR count). The molecule has 0 fully saturated rings. The molecule has 1 nitrogen and oxygen atoms in total. The summed E-state index contributed by atoms with van der Waals surface area (Å²) in [5.74, 6) is 4.22.